The zero-order valence-electron chi connectivity index (χ0n) is 19.8. The maximum atomic E-state index is 13.4. The van der Waals surface area contributed by atoms with Gasteiger partial charge in [-0.05, 0) is 13.8 Å². The van der Waals surface area contributed by atoms with Gasteiger partial charge < -0.3 is 19.6 Å². The highest BCUT2D eigenvalue weighted by Crippen LogP contribution is 2.54. The Morgan fingerprint density at radius 1 is 1.05 bits per heavy atom. The number of hydrogen-bond acceptors (Lipinski definition) is 6. The van der Waals surface area contributed by atoms with Crippen LogP contribution in [0.2, 0.25) is 10.0 Å². The minimum Gasteiger partial charge on any atom is -0.378 e. The standard InChI is InChI=1S/C22H21Cl2F6N3O4S/c1-3-32(4-2)18(34)15-16(38-17(31-15)19(35)33-7-9-37-10-8-33)11-5-6-12(14(24)13(11)23)20(36,21(25,26)27)22(28,29)30/h5-6,36H,3-4,7-10H2,1-2H3. The molecule has 2 heterocycles. The first-order chi connectivity index (χ1) is 17.6. The van der Waals surface area contributed by atoms with Gasteiger partial charge in [0.15, 0.2) is 5.01 Å². The van der Waals surface area contributed by atoms with Crippen LogP contribution in [0.1, 0.15) is 39.7 Å². The largest absolute Gasteiger partial charge is 0.430 e. The van der Waals surface area contributed by atoms with E-state index < -0.39 is 45.4 Å². The Morgan fingerprint density at radius 3 is 2.11 bits per heavy atom. The van der Waals surface area contributed by atoms with Crippen molar-refractivity contribution in [2.24, 2.45) is 0 Å². The third-order valence-corrected chi connectivity index (χ3v) is 7.86. The molecule has 0 saturated carbocycles. The van der Waals surface area contributed by atoms with E-state index >= 15 is 0 Å². The van der Waals surface area contributed by atoms with Crippen LogP contribution in [0.5, 0.6) is 0 Å². The van der Waals surface area contributed by atoms with E-state index in [1.165, 1.54) is 9.80 Å². The summed E-state index contributed by atoms with van der Waals surface area (Å²) in [5.41, 5.74) is -7.56. The average Bonchev–Trinajstić information content (AvgIpc) is 3.29. The summed E-state index contributed by atoms with van der Waals surface area (Å²) in [6.07, 6.45) is -12.4. The quantitative estimate of drug-likeness (QED) is 0.446. The van der Waals surface area contributed by atoms with Crippen LogP contribution in [-0.2, 0) is 10.3 Å². The number of halogens is 8. The summed E-state index contributed by atoms with van der Waals surface area (Å²) in [6, 6.07) is 1.10. The summed E-state index contributed by atoms with van der Waals surface area (Å²) in [7, 11) is 0. The minimum absolute atomic E-state index is 0.0838. The molecule has 0 unspecified atom stereocenters. The Balaban J connectivity index is 2.21. The van der Waals surface area contributed by atoms with Gasteiger partial charge in [0.1, 0.15) is 5.69 Å². The molecule has 0 bridgehead atoms. The Morgan fingerprint density at radius 2 is 1.61 bits per heavy atom. The Hall–Kier alpha value is -2.13. The first-order valence-electron chi connectivity index (χ1n) is 11.1. The van der Waals surface area contributed by atoms with Crippen molar-refractivity contribution < 1.29 is 45.8 Å². The number of carbonyl (C=O) groups is 2. The molecule has 38 heavy (non-hydrogen) atoms. The van der Waals surface area contributed by atoms with E-state index in [2.05, 4.69) is 4.98 Å². The molecule has 1 fully saturated rings. The number of carbonyl (C=O) groups excluding carboxylic acids is 2. The molecule has 16 heteroatoms. The van der Waals surface area contributed by atoms with Crippen molar-refractivity contribution in [1.29, 1.82) is 0 Å². The number of aromatic nitrogens is 1. The highest BCUT2D eigenvalue weighted by Gasteiger charge is 2.72. The number of rotatable bonds is 6. The first-order valence-corrected chi connectivity index (χ1v) is 12.7. The molecule has 0 spiro atoms. The predicted molar refractivity (Wildman–Crippen MR) is 128 cm³/mol. The van der Waals surface area contributed by atoms with Crippen molar-refractivity contribution in [3.8, 4) is 10.4 Å². The fourth-order valence-electron chi connectivity index (χ4n) is 3.77. The monoisotopic (exact) mass is 607 g/mol. The Bertz CT molecular complexity index is 1200. The highest BCUT2D eigenvalue weighted by molar-refractivity contribution is 7.17. The first kappa shape index (κ1) is 30.4. The van der Waals surface area contributed by atoms with Gasteiger partial charge in [0.2, 0.25) is 0 Å². The smallest absolute Gasteiger partial charge is 0.378 e. The van der Waals surface area contributed by atoms with E-state index in [4.69, 9.17) is 27.9 Å². The zero-order valence-corrected chi connectivity index (χ0v) is 22.2. The summed E-state index contributed by atoms with van der Waals surface area (Å²) < 4.78 is 85.9. The maximum Gasteiger partial charge on any atom is 0.430 e. The van der Waals surface area contributed by atoms with Gasteiger partial charge in [0.05, 0.1) is 28.1 Å². The SMILES string of the molecule is CCN(CC)C(=O)c1nc(C(=O)N2CCOCC2)sc1-c1ccc(C(O)(C(F)(F)F)C(F)(F)F)c(Cl)c1Cl. The molecule has 7 nitrogen and oxygen atoms in total. The second-order valence-electron chi connectivity index (χ2n) is 8.07. The third kappa shape index (κ3) is 5.33. The number of benzene rings is 1. The molecule has 2 aromatic rings. The molecule has 1 N–H and O–H groups in total. The lowest BCUT2D eigenvalue weighted by Gasteiger charge is -2.33. The van der Waals surface area contributed by atoms with Gasteiger partial charge in [0, 0.05) is 37.3 Å². The molecule has 1 aromatic carbocycles. The molecule has 1 saturated heterocycles. The second kappa shape index (κ2) is 11.2. The summed E-state index contributed by atoms with van der Waals surface area (Å²) in [5, 5.41) is 7.64. The van der Waals surface area contributed by atoms with Crippen molar-refractivity contribution in [3.63, 3.8) is 0 Å². The summed E-state index contributed by atoms with van der Waals surface area (Å²) in [4.78, 5) is 33.1. The lowest BCUT2D eigenvalue weighted by atomic mass is 9.91. The van der Waals surface area contributed by atoms with E-state index in [0.717, 1.165) is 6.07 Å². The molecule has 1 aromatic heterocycles. The number of morpholine rings is 1. The van der Waals surface area contributed by atoms with Crippen LogP contribution in [-0.4, -0.2) is 83.5 Å². The molecular weight excluding hydrogens is 587 g/mol. The Labute approximate surface area is 226 Å². The fraction of sp³-hybridized carbons (Fsp3) is 0.500. The highest BCUT2D eigenvalue weighted by atomic mass is 35.5. The van der Waals surface area contributed by atoms with E-state index in [0.29, 0.717) is 17.4 Å². The number of thiazole rings is 1. The van der Waals surface area contributed by atoms with Crippen LogP contribution in [0.3, 0.4) is 0 Å². The van der Waals surface area contributed by atoms with E-state index in [-0.39, 0.29) is 60.5 Å². The van der Waals surface area contributed by atoms with Crippen LogP contribution in [0.15, 0.2) is 12.1 Å². The maximum absolute atomic E-state index is 13.4. The minimum atomic E-state index is -6.19. The number of alkyl halides is 6. The number of nitrogens with zero attached hydrogens (tertiary/aromatic N) is 3. The zero-order chi connectivity index (χ0) is 28.6. The lowest BCUT2D eigenvalue weighted by molar-refractivity contribution is -0.376. The third-order valence-electron chi connectivity index (χ3n) is 5.90. The molecule has 0 radical (unpaired) electrons. The van der Waals surface area contributed by atoms with E-state index in [1.807, 2.05) is 0 Å². The molecule has 210 valence electrons. The summed E-state index contributed by atoms with van der Waals surface area (Å²) in [6.45, 7) is 4.91. The topological polar surface area (TPSA) is 83.0 Å². The van der Waals surface area contributed by atoms with Crippen molar-refractivity contribution in [2.45, 2.75) is 31.8 Å². The van der Waals surface area contributed by atoms with Gasteiger partial charge in [-0.15, -0.1) is 11.3 Å². The molecule has 3 rings (SSSR count). The van der Waals surface area contributed by atoms with Crippen molar-refractivity contribution in [2.75, 3.05) is 39.4 Å². The molecule has 1 aliphatic heterocycles. The van der Waals surface area contributed by atoms with Gasteiger partial charge in [-0.25, -0.2) is 4.98 Å². The van der Waals surface area contributed by atoms with Crippen LogP contribution in [0.25, 0.3) is 10.4 Å². The van der Waals surface area contributed by atoms with Crippen molar-refractivity contribution in [1.82, 2.24) is 14.8 Å². The summed E-state index contributed by atoms with van der Waals surface area (Å²) >= 11 is 12.7. The number of amides is 2. The molecular formula is C22H21Cl2F6N3O4S. The second-order valence-corrected chi connectivity index (χ2v) is 9.83. The van der Waals surface area contributed by atoms with Crippen LogP contribution >= 0.6 is 34.5 Å². The lowest BCUT2D eigenvalue weighted by Crippen LogP contribution is -2.54. The van der Waals surface area contributed by atoms with Crippen molar-refractivity contribution >= 4 is 46.4 Å². The van der Waals surface area contributed by atoms with E-state index in [9.17, 15) is 41.0 Å². The van der Waals surface area contributed by atoms with Gasteiger partial charge in [0.25, 0.3) is 17.4 Å². The predicted octanol–water partition coefficient (Wildman–Crippen LogP) is 5.38. The van der Waals surface area contributed by atoms with Gasteiger partial charge in [-0.1, -0.05) is 35.3 Å². The normalized spacial score (nSPS) is 15.1. The average molecular weight is 608 g/mol. The number of aliphatic hydroxyl groups is 1. The fourth-order valence-corrected chi connectivity index (χ4v) is 5.45. The molecule has 2 amide bonds. The van der Waals surface area contributed by atoms with Gasteiger partial charge in [-0.3, -0.25) is 9.59 Å². The number of hydrogen-bond donors (Lipinski definition) is 1. The van der Waals surface area contributed by atoms with Crippen molar-refractivity contribution in [3.05, 3.63) is 38.4 Å². The van der Waals surface area contributed by atoms with E-state index in [1.54, 1.807) is 13.8 Å². The molecule has 1 aliphatic rings. The molecule has 0 atom stereocenters. The Kier molecular flexibility index (Phi) is 8.93. The van der Waals surface area contributed by atoms with Gasteiger partial charge >= 0.3 is 12.4 Å². The number of ether oxygens (including phenoxy) is 1. The van der Waals surface area contributed by atoms with Crippen LogP contribution in [0, 0.1) is 0 Å². The van der Waals surface area contributed by atoms with Crippen LogP contribution in [0.4, 0.5) is 26.3 Å². The van der Waals surface area contributed by atoms with Gasteiger partial charge in [-0.2, -0.15) is 26.3 Å². The summed E-state index contributed by atoms with van der Waals surface area (Å²) in [5.74, 6) is -1.18. The molecule has 0 aliphatic carbocycles. The van der Waals surface area contributed by atoms with Crippen LogP contribution < -0.4 is 0 Å².